The van der Waals surface area contributed by atoms with Crippen molar-refractivity contribution in [1.29, 1.82) is 0 Å². The van der Waals surface area contributed by atoms with Crippen molar-refractivity contribution in [2.24, 2.45) is 28.7 Å². The molecule has 4 atom stereocenters. The monoisotopic (exact) mass is 572 g/mol. The number of anilines is 1. The molecule has 9 N–H and O–H groups in total. The van der Waals surface area contributed by atoms with Crippen molar-refractivity contribution in [2.45, 2.75) is 51.8 Å². The number of hydrogen-bond donors (Lipinski definition) is 7. The van der Waals surface area contributed by atoms with Crippen LogP contribution in [0.25, 0.3) is 5.76 Å². The number of aromatic hydroxyl groups is 1. The summed E-state index contributed by atoms with van der Waals surface area (Å²) in [4.78, 5) is 53.1. The second-order valence-electron chi connectivity index (χ2n) is 12.2. The summed E-state index contributed by atoms with van der Waals surface area (Å²) in [5, 5.41) is 47.6. The van der Waals surface area contributed by atoms with Gasteiger partial charge in [-0.05, 0) is 55.5 Å². The zero-order valence-electron chi connectivity index (χ0n) is 23.6. The lowest BCUT2D eigenvalue weighted by Gasteiger charge is -2.50. The lowest BCUT2D eigenvalue weighted by atomic mass is 9.57. The molecule has 3 aliphatic carbocycles. The van der Waals surface area contributed by atoms with Gasteiger partial charge < -0.3 is 36.6 Å². The van der Waals surface area contributed by atoms with Gasteiger partial charge in [0.15, 0.2) is 11.4 Å². The summed E-state index contributed by atoms with van der Waals surface area (Å²) in [6, 6.07) is 0.271. The Morgan fingerprint density at radius 2 is 1.83 bits per heavy atom. The number of amides is 2. The largest absolute Gasteiger partial charge is 0.508 e. The first-order valence-electron chi connectivity index (χ1n) is 13.1. The number of carbonyl (C=O) groups excluding carboxylic acids is 4. The number of fused-ring (bicyclic) bond motifs is 3. The molecule has 4 rings (SSSR count). The van der Waals surface area contributed by atoms with Gasteiger partial charge in [-0.1, -0.05) is 20.8 Å². The van der Waals surface area contributed by atoms with Gasteiger partial charge in [-0.25, -0.2) is 4.79 Å². The van der Waals surface area contributed by atoms with Crippen molar-refractivity contribution < 1.29 is 44.3 Å². The minimum absolute atomic E-state index is 0.0460. The summed E-state index contributed by atoms with van der Waals surface area (Å²) in [6.45, 7) is 5.64. The second-order valence-corrected chi connectivity index (χ2v) is 12.2. The van der Waals surface area contributed by atoms with Crippen molar-refractivity contribution in [3.05, 3.63) is 39.7 Å². The van der Waals surface area contributed by atoms with Crippen molar-refractivity contribution in [3.63, 3.8) is 0 Å². The molecule has 1 aromatic carbocycles. The van der Waals surface area contributed by atoms with E-state index in [0.717, 1.165) is 0 Å². The molecule has 0 aliphatic heterocycles. The third-order valence-electron chi connectivity index (χ3n) is 7.91. The number of phenols is 1. The van der Waals surface area contributed by atoms with Gasteiger partial charge in [-0.15, -0.1) is 0 Å². The number of carbonyl (C=O) groups is 4. The van der Waals surface area contributed by atoms with Gasteiger partial charge in [0.1, 0.15) is 22.8 Å². The number of ether oxygens (including phenoxy) is 1. The Kier molecular flexibility index (Phi) is 7.44. The molecule has 13 heteroatoms. The molecule has 41 heavy (non-hydrogen) atoms. The number of benzene rings is 1. The fourth-order valence-electron chi connectivity index (χ4n) is 6.09. The Morgan fingerprint density at radius 3 is 2.37 bits per heavy atom. The highest BCUT2D eigenvalue weighted by Gasteiger charge is 2.64. The SMILES string of the molecule is CN(C)[C@H]1C(=O)C(C(N)=O)=C(O)[C@]2(O)C(=O)C3=C(O)c4c(O)c(NC(=O)OCC(C)(C)C)cc(CN)c4C[C@@H]3C[C@H]12. The first-order valence-corrected chi connectivity index (χ1v) is 13.1. The maximum Gasteiger partial charge on any atom is 0.411 e. The molecular weight excluding hydrogens is 536 g/mol. The number of ketones is 2. The molecule has 1 saturated carbocycles. The number of nitrogens with one attached hydrogen (secondary N) is 1. The average molecular weight is 573 g/mol. The number of Topliss-reactive ketones (excluding diaryl/α,β-unsaturated/α-hetero) is 2. The standard InChI is InChI=1S/C28H36N4O9/c1-27(2,3)10-41-26(39)31-15-8-12(9-29)13-6-11-7-14-19(32(4)5)22(35)18(25(30)38)24(37)28(14,40)23(36)16(11)21(34)17(13)20(15)33/h8,11,14,19,33-34,37,40H,6-7,9-10,29H2,1-5H3,(H2,30,38)(H,31,39)/t11-,14-,19-,28-/m1/s1. The van der Waals surface area contributed by atoms with Gasteiger partial charge in [-0.2, -0.15) is 0 Å². The molecule has 13 nitrogen and oxygen atoms in total. The van der Waals surface area contributed by atoms with Crippen LogP contribution in [0.15, 0.2) is 23.0 Å². The Bertz CT molecular complexity index is 1420. The molecule has 0 aromatic heterocycles. The van der Waals surface area contributed by atoms with Crippen LogP contribution < -0.4 is 16.8 Å². The number of likely N-dealkylation sites (N-methyl/N-ethyl adjacent to an activating group) is 1. The van der Waals surface area contributed by atoms with Gasteiger partial charge in [0.25, 0.3) is 5.91 Å². The number of nitrogens with zero attached hydrogens (tertiary/aromatic N) is 1. The molecule has 3 aliphatic rings. The summed E-state index contributed by atoms with van der Waals surface area (Å²) in [5.74, 6) is -7.60. The summed E-state index contributed by atoms with van der Waals surface area (Å²) >= 11 is 0. The molecule has 222 valence electrons. The number of aliphatic hydroxyl groups excluding tert-OH is 2. The van der Waals surface area contributed by atoms with Crippen molar-refractivity contribution in [3.8, 4) is 5.75 Å². The zero-order valence-corrected chi connectivity index (χ0v) is 23.6. The molecule has 0 heterocycles. The van der Waals surface area contributed by atoms with Crippen LogP contribution >= 0.6 is 0 Å². The van der Waals surface area contributed by atoms with E-state index in [4.69, 9.17) is 16.2 Å². The fraction of sp³-hybridized carbons (Fsp3) is 0.500. The quantitative estimate of drug-likeness (QED) is 0.195. The first kappa shape index (κ1) is 30.0. The van der Waals surface area contributed by atoms with Crippen LogP contribution in [-0.2, 0) is 32.1 Å². The van der Waals surface area contributed by atoms with E-state index in [-0.39, 0.29) is 48.2 Å². The van der Waals surface area contributed by atoms with Crippen molar-refractivity contribution in [2.75, 3.05) is 26.0 Å². The minimum atomic E-state index is -2.75. The highest BCUT2D eigenvalue weighted by molar-refractivity contribution is 6.24. The van der Waals surface area contributed by atoms with Gasteiger partial charge >= 0.3 is 6.09 Å². The van der Waals surface area contributed by atoms with Crippen molar-refractivity contribution >= 4 is 35.0 Å². The van der Waals surface area contributed by atoms with E-state index in [1.807, 2.05) is 20.8 Å². The first-order chi connectivity index (χ1) is 18.9. The molecule has 0 saturated heterocycles. The van der Waals surface area contributed by atoms with Crippen molar-refractivity contribution in [1.82, 2.24) is 4.90 Å². The van der Waals surface area contributed by atoms with Crippen LogP contribution in [0.5, 0.6) is 5.75 Å². The molecule has 0 radical (unpaired) electrons. The van der Waals surface area contributed by atoms with Crippen LogP contribution in [0, 0.1) is 17.3 Å². The number of hydrogen-bond acceptors (Lipinski definition) is 11. The van der Waals surface area contributed by atoms with E-state index in [1.165, 1.54) is 25.1 Å². The van der Waals surface area contributed by atoms with E-state index in [0.29, 0.717) is 11.1 Å². The van der Waals surface area contributed by atoms with E-state index in [9.17, 15) is 39.6 Å². The third-order valence-corrected chi connectivity index (χ3v) is 7.91. The minimum Gasteiger partial charge on any atom is -0.508 e. The smallest absolute Gasteiger partial charge is 0.411 e. The van der Waals surface area contributed by atoms with E-state index < -0.39 is 69.9 Å². The maximum atomic E-state index is 14.0. The Balaban J connectivity index is 1.86. The highest BCUT2D eigenvalue weighted by atomic mass is 16.5. The highest BCUT2D eigenvalue weighted by Crippen LogP contribution is 2.53. The predicted octanol–water partition coefficient (Wildman–Crippen LogP) is 1.02. The summed E-state index contributed by atoms with van der Waals surface area (Å²) in [6.07, 6.45) is -0.820. The number of nitrogens with two attached hydrogens (primary N) is 2. The predicted molar refractivity (Wildman–Crippen MR) is 147 cm³/mol. The Morgan fingerprint density at radius 1 is 1.20 bits per heavy atom. The second kappa shape index (κ2) is 10.2. The third kappa shape index (κ3) is 4.73. The van der Waals surface area contributed by atoms with Gasteiger partial charge in [0, 0.05) is 18.0 Å². The van der Waals surface area contributed by atoms with Crippen LogP contribution in [0.4, 0.5) is 10.5 Å². The van der Waals surface area contributed by atoms with Gasteiger partial charge in [-0.3, -0.25) is 24.6 Å². The zero-order chi connectivity index (χ0) is 30.8. The van der Waals surface area contributed by atoms with Crippen LogP contribution in [0.1, 0.15) is 43.9 Å². The normalized spacial score (nSPS) is 26.0. The lowest BCUT2D eigenvalue weighted by molar-refractivity contribution is -0.153. The summed E-state index contributed by atoms with van der Waals surface area (Å²) in [5.41, 5.74) is 7.66. The number of aliphatic hydroxyl groups is 3. The number of primary amides is 1. The average Bonchev–Trinajstić information content (AvgIpc) is 2.85. The van der Waals surface area contributed by atoms with Crippen LogP contribution in [0.2, 0.25) is 0 Å². The molecule has 1 aromatic rings. The lowest BCUT2D eigenvalue weighted by Crippen LogP contribution is -2.65. The molecule has 2 amide bonds. The molecule has 0 spiro atoms. The van der Waals surface area contributed by atoms with Crippen LogP contribution in [0.3, 0.4) is 0 Å². The number of rotatable bonds is 5. The topological polar surface area (TPSA) is 226 Å². The summed E-state index contributed by atoms with van der Waals surface area (Å²) in [7, 11) is 3.05. The molecule has 0 unspecified atom stereocenters. The maximum absolute atomic E-state index is 14.0. The Labute approximate surface area is 236 Å². The van der Waals surface area contributed by atoms with Crippen LogP contribution in [-0.4, -0.2) is 81.2 Å². The van der Waals surface area contributed by atoms with Gasteiger partial charge in [0.2, 0.25) is 5.78 Å². The molecular formula is C28H36N4O9. The summed E-state index contributed by atoms with van der Waals surface area (Å²) < 4.78 is 5.21. The van der Waals surface area contributed by atoms with Gasteiger partial charge in [0.05, 0.1) is 23.9 Å². The number of phenolic OH excluding ortho intramolecular Hbond substituents is 1. The molecule has 1 fully saturated rings. The van der Waals surface area contributed by atoms with E-state index in [1.54, 1.807) is 0 Å². The van der Waals surface area contributed by atoms with E-state index in [2.05, 4.69) is 5.32 Å². The molecule has 0 bridgehead atoms. The fourth-order valence-corrected chi connectivity index (χ4v) is 6.09. The Hall–Kier alpha value is -3.94. The van der Waals surface area contributed by atoms with E-state index >= 15 is 0 Å².